The number of rotatable bonds is 5. The number of aromatic nitrogens is 2. The number of thiophene rings is 1. The molecule has 2 aromatic heterocycles. The Hall–Kier alpha value is -1.34. The standard InChI is InChI=1S/C12H16N4OS2/c1-7(4-6-18-2)15-11(17)10-9(13)8-3-5-14-16-12(8)19-10/h3,5,7H,4,6,13H2,1-2H3,(H,15,17). The summed E-state index contributed by atoms with van der Waals surface area (Å²) in [4.78, 5) is 13.4. The van der Waals surface area contributed by atoms with Crippen LogP contribution in [-0.2, 0) is 0 Å². The summed E-state index contributed by atoms with van der Waals surface area (Å²) < 4.78 is 0. The van der Waals surface area contributed by atoms with Gasteiger partial charge < -0.3 is 11.1 Å². The first-order chi connectivity index (χ1) is 9.13. The fourth-order valence-corrected chi connectivity index (χ4v) is 3.23. The molecule has 19 heavy (non-hydrogen) atoms. The Bertz CT molecular complexity index is 584. The van der Waals surface area contributed by atoms with Gasteiger partial charge in [-0.15, -0.1) is 16.4 Å². The number of thioether (sulfide) groups is 1. The molecule has 0 aliphatic heterocycles. The molecule has 2 aromatic rings. The van der Waals surface area contributed by atoms with Gasteiger partial charge in [0.05, 0.1) is 11.9 Å². The summed E-state index contributed by atoms with van der Waals surface area (Å²) in [5.74, 6) is 0.892. The Kier molecular flexibility index (Phi) is 4.60. The quantitative estimate of drug-likeness (QED) is 0.883. The highest BCUT2D eigenvalue weighted by Crippen LogP contribution is 2.31. The third kappa shape index (κ3) is 3.16. The zero-order valence-electron chi connectivity index (χ0n) is 10.8. The molecule has 5 nitrogen and oxygen atoms in total. The van der Waals surface area contributed by atoms with Gasteiger partial charge >= 0.3 is 0 Å². The van der Waals surface area contributed by atoms with Crippen LogP contribution in [0.25, 0.3) is 10.2 Å². The number of hydrogen-bond donors (Lipinski definition) is 2. The first kappa shape index (κ1) is 14.1. The van der Waals surface area contributed by atoms with E-state index in [2.05, 4.69) is 21.8 Å². The number of amides is 1. The molecule has 0 saturated carbocycles. The zero-order valence-corrected chi connectivity index (χ0v) is 12.5. The van der Waals surface area contributed by atoms with Crippen LogP contribution in [0.4, 0.5) is 5.69 Å². The molecule has 3 N–H and O–H groups in total. The van der Waals surface area contributed by atoms with Gasteiger partial charge in [0.2, 0.25) is 0 Å². The minimum Gasteiger partial charge on any atom is -0.397 e. The number of nitrogens with one attached hydrogen (secondary N) is 1. The van der Waals surface area contributed by atoms with Crippen molar-refractivity contribution in [3.05, 3.63) is 17.1 Å². The molecule has 0 aliphatic rings. The highest BCUT2D eigenvalue weighted by molar-refractivity contribution is 7.98. The third-order valence-corrected chi connectivity index (χ3v) is 4.51. The second kappa shape index (κ2) is 6.21. The lowest BCUT2D eigenvalue weighted by atomic mass is 10.2. The van der Waals surface area contributed by atoms with E-state index in [0.717, 1.165) is 17.6 Å². The first-order valence-corrected chi connectivity index (χ1v) is 8.14. The number of nitrogens with two attached hydrogens (primary N) is 1. The molecule has 0 spiro atoms. The van der Waals surface area contributed by atoms with Gasteiger partial charge in [-0.2, -0.15) is 16.9 Å². The van der Waals surface area contributed by atoms with Crippen LogP contribution in [0.15, 0.2) is 12.3 Å². The lowest BCUT2D eigenvalue weighted by Crippen LogP contribution is -2.32. The average Bonchev–Trinajstić information content (AvgIpc) is 2.74. The second-order valence-electron chi connectivity index (χ2n) is 4.25. The van der Waals surface area contributed by atoms with Crippen molar-refractivity contribution in [3.8, 4) is 0 Å². The van der Waals surface area contributed by atoms with E-state index < -0.39 is 0 Å². The number of anilines is 1. The molecule has 0 fully saturated rings. The number of nitrogen functional groups attached to an aromatic ring is 1. The van der Waals surface area contributed by atoms with Crippen LogP contribution < -0.4 is 11.1 Å². The molecule has 0 saturated heterocycles. The highest BCUT2D eigenvalue weighted by Gasteiger charge is 2.18. The van der Waals surface area contributed by atoms with Crippen LogP contribution in [-0.4, -0.2) is 34.2 Å². The fourth-order valence-electron chi connectivity index (χ4n) is 1.70. The number of carbonyl (C=O) groups is 1. The van der Waals surface area contributed by atoms with Gasteiger partial charge in [0.25, 0.3) is 5.91 Å². The predicted molar refractivity (Wildman–Crippen MR) is 81.8 cm³/mol. The molecule has 2 rings (SSSR count). The third-order valence-electron chi connectivity index (χ3n) is 2.76. The minimum atomic E-state index is -0.130. The molecule has 0 aliphatic carbocycles. The summed E-state index contributed by atoms with van der Waals surface area (Å²) in [6.45, 7) is 2.00. The van der Waals surface area contributed by atoms with Gasteiger partial charge in [0, 0.05) is 11.4 Å². The summed E-state index contributed by atoms with van der Waals surface area (Å²) in [6, 6.07) is 1.91. The van der Waals surface area contributed by atoms with E-state index in [9.17, 15) is 4.79 Å². The highest BCUT2D eigenvalue weighted by atomic mass is 32.2. The number of nitrogens with zero attached hydrogens (tertiary/aromatic N) is 2. The van der Waals surface area contributed by atoms with Gasteiger partial charge in [0.15, 0.2) is 0 Å². The predicted octanol–water partition coefficient (Wildman–Crippen LogP) is 2.14. The van der Waals surface area contributed by atoms with Gasteiger partial charge in [-0.1, -0.05) is 0 Å². The Labute approximate surface area is 120 Å². The van der Waals surface area contributed by atoms with Gasteiger partial charge in [-0.3, -0.25) is 4.79 Å². The molecular weight excluding hydrogens is 280 g/mol. The largest absolute Gasteiger partial charge is 0.397 e. The Morgan fingerprint density at radius 2 is 2.42 bits per heavy atom. The van der Waals surface area contributed by atoms with Crippen LogP contribution >= 0.6 is 23.1 Å². The molecular formula is C12H16N4OS2. The second-order valence-corrected chi connectivity index (χ2v) is 6.24. The molecule has 1 atom stereocenters. The van der Waals surface area contributed by atoms with Gasteiger partial charge in [0.1, 0.15) is 9.71 Å². The van der Waals surface area contributed by atoms with Crippen LogP contribution in [0.1, 0.15) is 23.0 Å². The van der Waals surface area contributed by atoms with Crippen LogP contribution in [0, 0.1) is 0 Å². The molecule has 2 heterocycles. The number of hydrogen-bond acceptors (Lipinski definition) is 6. The van der Waals surface area contributed by atoms with E-state index in [1.54, 1.807) is 24.0 Å². The Balaban J connectivity index is 2.15. The minimum absolute atomic E-state index is 0.130. The van der Waals surface area contributed by atoms with Gasteiger partial charge in [-0.05, 0) is 31.4 Å². The van der Waals surface area contributed by atoms with E-state index in [0.29, 0.717) is 15.4 Å². The SMILES string of the molecule is CSCCC(C)NC(=O)c1sc2nnccc2c1N. The van der Waals surface area contributed by atoms with Crippen molar-refractivity contribution in [1.82, 2.24) is 15.5 Å². The Morgan fingerprint density at radius 1 is 1.63 bits per heavy atom. The van der Waals surface area contributed by atoms with Crippen molar-refractivity contribution >= 4 is 44.9 Å². The molecule has 1 unspecified atom stereocenters. The van der Waals surface area contributed by atoms with E-state index in [1.807, 2.05) is 6.92 Å². The number of fused-ring (bicyclic) bond motifs is 1. The van der Waals surface area contributed by atoms with Crippen molar-refractivity contribution in [1.29, 1.82) is 0 Å². The van der Waals surface area contributed by atoms with Crippen molar-refractivity contribution in [2.24, 2.45) is 0 Å². The van der Waals surface area contributed by atoms with Crippen LogP contribution in [0.5, 0.6) is 0 Å². The number of carbonyl (C=O) groups excluding carboxylic acids is 1. The topological polar surface area (TPSA) is 80.9 Å². The molecule has 0 aromatic carbocycles. The van der Waals surface area contributed by atoms with E-state index in [-0.39, 0.29) is 11.9 Å². The molecule has 0 bridgehead atoms. The Morgan fingerprint density at radius 3 is 3.11 bits per heavy atom. The molecule has 7 heteroatoms. The van der Waals surface area contributed by atoms with E-state index in [4.69, 9.17) is 5.73 Å². The van der Waals surface area contributed by atoms with E-state index in [1.165, 1.54) is 11.3 Å². The summed E-state index contributed by atoms with van der Waals surface area (Å²) in [5, 5.41) is 11.5. The lowest BCUT2D eigenvalue weighted by Gasteiger charge is -2.12. The van der Waals surface area contributed by atoms with Crippen molar-refractivity contribution in [3.63, 3.8) is 0 Å². The van der Waals surface area contributed by atoms with Gasteiger partial charge in [-0.25, -0.2) is 0 Å². The van der Waals surface area contributed by atoms with Crippen molar-refractivity contribution in [2.45, 2.75) is 19.4 Å². The van der Waals surface area contributed by atoms with Crippen molar-refractivity contribution in [2.75, 3.05) is 17.7 Å². The smallest absolute Gasteiger partial charge is 0.263 e. The summed E-state index contributed by atoms with van der Waals surface area (Å²) >= 11 is 3.05. The summed E-state index contributed by atoms with van der Waals surface area (Å²) in [7, 11) is 0. The lowest BCUT2D eigenvalue weighted by molar-refractivity contribution is 0.0944. The molecule has 1 amide bonds. The first-order valence-electron chi connectivity index (χ1n) is 5.93. The van der Waals surface area contributed by atoms with Crippen LogP contribution in [0.3, 0.4) is 0 Å². The molecule has 0 radical (unpaired) electrons. The maximum Gasteiger partial charge on any atom is 0.263 e. The molecule has 102 valence electrons. The zero-order chi connectivity index (χ0) is 13.8. The average molecular weight is 296 g/mol. The summed E-state index contributed by atoms with van der Waals surface area (Å²) in [5.41, 5.74) is 6.48. The maximum atomic E-state index is 12.2. The van der Waals surface area contributed by atoms with Crippen molar-refractivity contribution < 1.29 is 4.79 Å². The van der Waals surface area contributed by atoms with Crippen LogP contribution in [0.2, 0.25) is 0 Å². The maximum absolute atomic E-state index is 12.2. The fraction of sp³-hybridized carbons (Fsp3) is 0.417. The summed E-state index contributed by atoms with van der Waals surface area (Å²) in [6.07, 6.45) is 4.57. The normalized spacial score (nSPS) is 12.5. The van der Waals surface area contributed by atoms with E-state index >= 15 is 0 Å². The monoisotopic (exact) mass is 296 g/mol.